The number of fused-ring (bicyclic) bond motifs is 9. The molecule has 1 aromatic heterocycles. The number of rotatable bonds is 3. The molecule has 0 unspecified atom stereocenters. The van der Waals surface area contributed by atoms with Crippen LogP contribution in [0.3, 0.4) is 0 Å². The van der Waals surface area contributed by atoms with Gasteiger partial charge in [-0.1, -0.05) is 113 Å². The van der Waals surface area contributed by atoms with Crippen molar-refractivity contribution in [2.45, 2.75) is 45.4 Å². The van der Waals surface area contributed by atoms with E-state index in [1.165, 1.54) is 75.2 Å². The number of hydrogen-bond acceptors (Lipinski definition) is 2. The van der Waals surface area contributed by atoms with E-state index in [0.717, 1.165) is 11.4 Å². The van der Waals surface area contributed by atoms with Crippen LogP contribution in [0.4, 0.5) is 17.1 Å². The summed E-state index contributed by atoms with van der Waals surface area (Å²) in [5.74, 6) is 0. The molecule has 7 aromatic carbocycles. The van der Waals surface area contributed by atoms with E-state index < -0.39 is 0 Å². The molecule has 228 valence electrons. The molecule has 0 spiro atoms. The Bertz CT molecular complexity index is 2520. The maximum atomic E-state index is 2.46. The maximum absolute atomic E-state index is 2.46. The second kappa shape index (κ2) is 10.0. The fourth-order valence-electron chi connectivity index (χ4n) is 7.80. The average molecular weight is 624 g/mol. The molecule has 0 fully saturated rings. The zero-order valence-electron chi connectivity index (χ0n) is 27.6. The van der Waals surface area contributed by atoms with Crippen molar-refractivity contribution in [3.8, 4) is 11.1 Å². The van der Waals surface area contributed by atoms with Gasteiger partial charge in [-0.3, -0.25) is 0 Å². The third kappa shape index (κ3) is 4.35. The molecule has 2 heteroatoms. The summed E-state index contributed by atoms with van der Waals surface area (Å²) < 4.78 is 2.64. The highest BCUT2D eigenvalue weighted by Crippen LogP contribution is 2.50. The van der Waals surface area contributed by atoms with E-state index in [9.17, 15) is 0 Å². The predicted octanol–water partition coefficient (Wildman–Crippen LogP) is 13.4. The van der Waals surface area contributed by atoms with E-state index in [1.807, 2.05) is 11.3 Å². The van der Waals surface area contributed by atoms with Crippen LogP contribution >= 0.6 is 11.3 Å². The molecule has 0 N–H and O–H groups in total. The van der Waals surface area contributed by atoms with Gasteiger partial charge in [-0.05, 0) is 109 Å². The van der Waals surface area contributed by atoms with Gasteiger partial charge in [0.1, 0.15) is 0 Å². The van der Waals surface area contributed by atoms with Gasteiger partial charge >= 0.3 is 0 Å². The van der Waals surface area contributed by atoms with Crippen LogP contribution in [0.1, 0.15) is 51.3 Å². The van der Waals surface area contributed by atoms with Crippen LogP contribution in [0.5, 0.6) is 0 Å². The van der Waals surface area contributed by atoms with Crippen molar-refractivity contribution in [1.29, 1.82) is 0 Å². The molecule has 1 nitrogen and oxygen atoms in total. The maximum Gasteiger partial charge on any atom is 0.0476 e. The molecule has 0 radical (unpaired) electrons. The zero-order chi connectivity index (χ0) is 32.1. The SMILES string of the molecule is CC(C)(C)c1ccc(N(c2ccc3c(ccc4cc5c(cc43)C(C)(C)c3ccccc3-5)c2)c2ccc3c(c2)sc2ccccc23)cc1. The highest BCUT2D eigenvalue weighted by Gasteiger charge is 2.35. The number of thiophene rings is 1. The lowest BCUT2D eigenvalue weighted by molar-refractivity contribution is 0.590. The Labute approximate surface area is 280 Å². The lowest BCUT2D eigenvalue weighted by atomic mass is 9.81. The summed E-state index contributed by atoms with van der Waals surface area (Å²) in [6.45, 7) is 11.6. The van der Waals surface area contributed by atoms with Gasteiger partial charge in [-0.15, -0.1) is 11.3 Å². The van der Waals surface area contributed by atoms with Gasteiger partial charge in [-0.25, -0.2) is 0 Å². The standard InChI is InChI=1S/C45H37NS/c1-44(2,3)30-16-18-31(19-17-30)46(33-21-23-37-36-11-7-9-13-42(36)47-43(37)26-33)32-20-22-34-28(24-32)14-15-29-25-39-35-10-6-8-12-40(35)45(4,5)41(39)27-38(29)34/h6-27H,1-5H3. The third-order valence-corrected chi connectivity index (χ3v) is 11.5. The van der Waals surface area contributed by atoms with Crippen LogP contribution < -0.4 is 4.90 Å². The Hall–Kier alpha value is -4.92. The van der Waals surface area contributed by atoms with Gasteiger partial charge in [0.05, 0.1) is 0 Å². The molecular weight excluding hydrogens is 587 g/mol. The highest BCUT2D eigenvalue weighted by atomic mass is 32.1. The molecule has 0 aliphatic heterocycles. The Morgan fingerprint density at radius 2 is 1.13 bits per heavy atom. The average Bonchev–Trinajstić information content (AvgIpc) is 3.55. The minimum Gasteiger partial charge on any atom is -0.310 e. The Morgan fingerprint density at radius 1 is 0.489 bits per heavy atom. The minimum absolute atomic E-state index is 0.0243. The van der Waals surface area contributed by atoms with Crippen LogP contribution in [-0.4, -0.2) is 0 Å². The van der Waals surface area contributed by atoms with Gasteiger partial charge < -0.3 is 4.90 Å². The van der Waals surface area contributed by atoms with Gasteiger partial charge in [0.2, 0.25) is 0 Å². The number of benzene rings is 7. The van der Waals surface area contributed by atoms with Gasteiger partial charge in [-0.2, -0.15) is 0 Å². The van der Waals surface area contributed by atoms with E-state index in [4.69, 9.17) is 0 Å². The number of hydrogen-bond donors (Lipinski definition) is 0. The molecule has 8 aromatic rings. The Balaban J connectivity index is 1.22. The molecule has 1 heterocycles. The van der Waals surface area contributed by atoms with Crippen molar-refractivity contribution in [3.05, 3.63) is 150 Å². The van der Waals surface area contributed by atoms with Crippen LogP contribution in [-0.2, 0) is 10.8 Å². The lowest BCUT2D eigenvalue weighted by Crippen LogP contribution is -2.14. The van der Waals surface area contributed by atoms with E-state index in [2.05, 4.69) is 173 Å². The van der Waals surface area contributed by atoms with Gasteiger partial charge in [0.15, 0.2) is 0 Å². The number of nitrogens with zero attached hydrogens (tertiary/aromatic N) is 1. The van der Waals surface area contributed by atoms with E-state index in [1.54, 1.807) is 0 Å². The molecule has 0 bridgehead atoms. The van der Waals surface area contributed by atoms with Crippen molar-refractivity contribution in [2.75, 3.05) is 4.90 Å². The third-order valence-electron chi connectivity index (χ3n) is 10.4. The molecule has 0 saturated heterocycles. The van der Waals surface area contributed by atoms with Crippen LogP contribution in [0, 0.1) is 0 Å². The van der Waals surface area contributed by atoms with Crippen molar-refractivity contribution in [2.24, 2.45) is 0 Å². The summed E-state index contributed by atoms with van der Waals surface area (Å²) in [4.78, 5) is 2.42. The Morgan fingerprint density at radius 3 is 1.91 bits per heavy atom. The minimum atomic E-state index is -0.0243. The molecule has 1 aliphatic rings. The van der Waals surface area contributed by atoms with Crippen molar-refractivity contribution >= 4 is 70.1 Å². The first-order chi connectivity index (χ1) is 22.7. The topological polar surface area (TPSA) is 3.24 Å². The van der Waals surface area contributed by atoms with E-state index in [0.29, 0.717) is 0 Å². The summed E-state index contributed by atoms with van der Waals surface area (Å²) in [6, 6.07) is 50.2. The summed E-state index contributed by atoms with van der Waals surface area (Å²) in [5, 5.41) is 7.81. The Kier molecular flexibility index (Phi) is 6.05. The second-order valence-corrected chi connectivity index (χ2v) is 15.8. The largest absolute Gasteiger partial charge is 0.310 e. The first-order valence-electron chi connectivity index (χ1n) is 16.6. The van der Waals surface area contributed by atoms with Crippen LogP contribution in [0.2, 0.25) is 0 Å². The van der Waals surface area contributed by atoms with Crippen LogP contribution in [0.25, 0.3) is 52.8 Å². The highest BCUT2D eigenvalue weighted by molar-refractivity contribution is 7.25. The first kappa shape index (κ1) is 28.3. The fraction of sp³-hybridized carbons (Fsp3) is 0.156. The lowest BCUT2D eigenvalue weighted by Gasteiger charge is -2.27. The van der Waals surface area contributed by atoms with Crippen molar-refractivity contribution in [1.82, 2.24) is 0 Å². The van der Waals surface area contributed by atoms with Crippen molar-refractivity contribution < 1.29 is 0 Å². The number of anilines is 3. The smallest absolute Gasteiger partial charge is 0.0476 e. The fourth-order valence-corrected chi connectivity index (χ4v) is 8.94. The summed E-state index contributed by atoms with van der Waals surface area (Å²) in [6.07, 6.45) is 0. The summed E-state index contributed by atoms with van der Waals surface area (Å²) in [5.41, 5.74) is 10.5. The quantitative estimate of drug-likeness (QED) is 0.177. The molecule has 47 heavy (non-hydrogen) atoms. The summed E-state index contributed by atoms with van der Waals surface area (Å²) in [7, 11) is 0. The van der Waals surface area contributed by atoms with E-state index >= 15 is 0 Å². The van der Waals surface area contributed by atoms with E-state index in [-0.39, 0.29) is 10.8 Å². The molecule has 0 saturated carbocycles. The predicted molar refractivity (Wildman–Crippen MR) is 205 cm³/mol. The monoisotopic (exact) mass is 623 g/mol. The van der Waals surface area contributed by atoms with Crippen molar-refractivity contribution in [3.63, 3.8) is 0 Å². The normalized spacial score (nSPS) is 13.8. The summed E-state index contributed by atoms with van der Waals surface area (Å²) >= 11 is 1.87. The van der Waals surface area contributed by atoms with Gasteiger partial charge in [0.25, 0.3) is 0 Å². The van der Waals surface area contributed by atoms with Gasteiger partial charge in [0, 0.05) is 42.6 Å². The second-order valence-electron chi connectivity index (χ2n) is 14.7. The van der Waals surface area contributed by atoms with Crippen LogP contribution in [0.15, 0.2) is 133 Å². The molecule has 9 rings (SSSR count). The molecule has 0 amide bonds. The molecule has 0 atom stereocenters. The molecule has 1 aliphatic carbocycles. The first-order valence-corrected chi connectivity index (χ1v) is 17.4. The zero-order valence-corrected chi connectivity index (χ0v) is 28.4. The molecular formula is C45H37NS.